The number of aliphatic hydroxyl groups is 1. The first-order chi connectivity index (χ1) is 9.06. The molecule has 1 saturated heterocycles. The van der Waals surface area contributed by atoms with Crippen molar-refractivity contribution >= 4 is 9.84 Å². The van der Waals surface area contributed by atoms with Crippen LogP contribution in [0.3, 0.4) is 0 Å². The molecule has 5 heteroatoms. The topological polar surface area (TPSA) is 63.6 Å². The second kappa shape index (κ2) is 6.03. The minimum absolute atomic E-state index is 0.0250. The van der Waals surface area contributed by atoms with Crippen molar-refractivity contribution < 1.29 is 18.3 Å². The first kappa shape index (κ1) is 14.5. The minimum Gasteiger partial charge on any atom is -0.391 e. The summed E-state index contributed by atoms with van der Waals surface area (Å²) in [5.41, 5.74) is 0.656. The molecule has 0 saturated carbocycles. The highest BCUT2D eigenvalue weighted by Gasteiger charge is 2.38. The number of benzene rings is 1. The Balaban J connectivity index is 2.34. The maximum Gasteiger partial charge on any atom is 0.159 e. The SMILES string of the molecule is CCS(=O)(=O)[C@H](c1ccccc1)[C@H](O)[C@H]1CCOC1. The molecule has 0 unspecified atom stereocenters. The van der Waals surface area contributed by atoms with E-state index in [2.05, 4.69) is 0 Å². The quantitative estimate of drug-likeness (QED) is 0.891. The standard InChI is InChI=1S/C14H20O4S/c1-2-19(16,17)14(11-6-4-3-5-7-11)13(15)12-8-9-18-10-12/h3-7,12-15H,2,8-10H2,1H3/t12-,13+,14+/m0/s1. The summed E-state index contributed by atoms with van der Waals surface area (Å²) >= 11 is 0. The zero-order chi connectivity index (χ0) is 13.9. The lowest BCUT2D eigenvalue weighted by Crippen LogP contribution is -2.34. The molecule has 0 bridgehead atoms. The van der Waals surface area contributed by atoms with Crippen LogP contribution >= 0.6 is 0 Å². The van der Waals surface area contributed by atoms with Crippen LogP contribution < -0.4 is 0 Å². The van der Waals surface area contributed by atoms with Crippen LogP contribution in [0.25, 0.3) is 0 Å². The van der Waals surface area contributed by atoms with E-state index in [1.165, 1.54) is 0 Å². The highest BCUT2D eigenvalue weighted by Crippen LogP contribution is 2.33. The van der Waals surface area contributed by atoms with E-state index in [0.717, 1.165) is 0 Å². The smallest absolute Gasteiger partial charge is 0.159 e. The molecule has 1 heterocycles. The van der Waals surface area contributed by atoms with Crippen molar-refractivity contribution in [1.82, 2.24) is 0 Å². The van der Waals surface area contributed by atoms with Gasteiger partial charge in [-0.15, -0.1) is 0 Å². The maximum atomic E-state index is 12.3. The summed E-state index contributed by atoms with van der Waals surface area (Å²) in [6.07, 6.45) is -0.196. The number of sulfone groups is 1. The molecule has 3 atom stereocenters. The lowest BCUT2D eigenvalue weighted by atomic mass is 9.95. The van der Waals surface area contributed by atoms with Gasteiger partial charge in [0.05, 0.1) is 12.7 Å². The molecule has 0 amide bonds. The summed E-state index contributed by atoms with van der Waals surface area (Å²) in [5, 5.41) is 9.61. The van der Waals surface area contributed by atoms with E-state index < -0.39 is 21.2 Å². The molecule has 2 rings (SSSR count). The predicted molar refractivity (Wildman–Crippen MR) is 73.6 cm³/mol. The molecule has 19 heavy (non-hydrogen) atoms. The Morgan fingerprint density at radius 3 is 2.58 bits per heavy atom. The Bertz CT molecular complexity index is 491. The highest BCUT2D eigenvalue weighted by molar-refractivity contribution is 7.91. The lowest BCUT2D eigenvalue weighted by molar-refractivity contribution is 0.0874. The normalized spacial score (nSPS) is 23.2. The Labute approximate surface area is 114 Å². The van der Waals surface area contributed by atoms with E-state index in [1.807, 2.05) is 6.07 Å². The molecule has 1 aliphatic heterocycles. The number of ether oxygens (including phenoxy) is 1. The molecule has 1 aromatic rings. The van der Waals surface area contributed by atoms with E-state index in [4.69, 9.17) is 4.74 Å². The van der Waals surface area contributed by atoms with Gasteiger partial charge in [-0.1, -0.05) is 37.3 Å². The average Bonchev–Trinajstić information content (AvgIpc) is 2.94. The van der Waals surface area contributed by atoms with Gasteiger partial charge in [0.15, 0.2) is 9.84 Å². The molecule has 0 aliphatic carbocycles. The van der Waals surface area contributed by atoms with Gasteiger partial charge < -0.3 is 9.84 Å². The van der Waals surface area contributed by atoms with Gasteiger partial charge >= 0.3 is 0 Å². The van der Waals surface area contributed by atoms with E-state index in [0.29, 0.717) is 25.2 Å². The van der Waals surface area contributed by atoms with Gasteiger partial charge in [-0.3, -0.25) is 0 Å². The van der Waals surface area contributed by atoms with Crippen molar-refractivity contribution in [2.24, 2.45) is 5.92 Å². The molecular formula is C14H20O4S. The summed E-state index contributed by atoms with van der Waals surface area (Å²) in [5.74, 6) is -0.0801. The highest BCUT2D eigenvalue weighted by atomic mass is 32.2. The van der Waals surface area contributed by atoms with Crippen molar-refractivity contribution in [3.05, 3.63) is 35.9 Å². The predicted octanol–water partition coefficient (Wildman–Crippen LogP) is 1.56. The molecule has 0 spiro atoms. The molecule has 4 nitrogen and oxygen atoms in total. The number of aliphatic hydroxyl groups excluding tert-OH is 1. The Hall–Kier alpha value is -0.910. The van der Waals surface area contributed by atoms with Crippen LogP contribution in [0.5, 0.6) is 0 Å². The summed E-state index contributed by atoms with van der Waals surface area (Å²) in [7, 11) is -3.36. The molecule has 0 aromatic heterocycles. The second-order valence-corrected chi connectivity index (χ2v) is 7.31. The van der Waals surface area contributed by atoms with E-state index in [1.54, 1.807) is 31.2 Å². The fourth-order valence-corrected chi connectivity index (χ4v) is 4.09. The Morgan fingerprint density at radius 2 is 2.05 bits per heavy atom. The molecule has 1 aliphatic rings. The monoisotopic (exact) mass is 284 g/mol. The zero-order valence-corrected chi connectivity index (χ0v) is 11.8. The summed E-state index contributed by atoms with van der Waals surface area (Å²) in [6, 6.07) is 8.95. The van der Waals surface area contributed by atoms with Gasteiger partial charge in [-0.25, -0.2) is 8.42 Å². The summed E-state index contributed by atoms with van der Waals surface area (Å²) < 4.78 is 29.9. The van der Waals surface area contributed by atoms with Crippen LogP contribution in [0.2, 0.25) is 0 Å². The molecule has 1 N–H and O–H groups in total. The van der Waals surface area contributed by atoms with Crippen LogP contribution in [-0.2, 0) is 14.6 Å². The molecule has 0 radical (unpaired) electrons. The number of hydrogen-bond acceptors (Lipinski definition) is 4. The van der Waals surface area contributed by atoms with Crippen molar-refractivity contribution in [2.45, 2.75) is 24.7 Å². The van der Waals surface area contributed by atoms with Crippen molar-refractivity contribution in [3.63, 3.8) is 0 Å². The van der Waals surface area contributed by atoms with Crippen LogP contribution in [0.4, 0.5) is 0 Å². The summed E-state index contributed by atoms with van der Waals surface area (Å²) in [4.78, 5) is 0. The van der Waals surface area contributed by atoms with Gasteiger partial charge in [-0.2, -0.15) is 0 Å². The van der Waals surface area contributed by atoms with Gasteiger partial charge in [0.2, 0.25) is 0 Å². The Kier molecular flexibility index (Phi) is 4.60. The van der Waals surface area contributed by atoms with Crippen LogP contribution in [-0.4, -0.2) is 38.6 Å². The van der Waals surface area contributed by atoms with Gasteiger partial charge in [0, 0.05) is 18.3 Å². The first-order valence-corrected chi connectivity index (χ1v) is 8.30. The second-order valence-electron chi connectivity index (χ2n) is 4.90. The molecule has 1 fully saturated rings. The van der Waals surface area contributed by atoms with E-state index >= 15 is 0 Å². The minimum atomic E-state index is -3.36. The van der Waals surface area contributed by atoms with Gasteiger partial charge in [0.1, 0.15) is 5.25 Å². The van der Waals surface area contributed by atoms with Crippen molar-refractivity contribution in [1.29, 1.82) is 0 Å². The zero-order valence-electron chi connectivity index (χ0n) is 11.0. The van der Waals surface area contributed by atoms with E-state index in [9.17, 15) is 13.5 Å². The van der Waals surface area contributed by atoms with Crippen LogP contribution in [0.1, 0.15) is 24.2 Å². The van der Waals surface area contributed by atoms with Gasteiger partial charge in [0.25, 0.3) is 0 Å². The third-order valence-electron chi connectivity index (χ3n) is 3.68. The van der Waals surface area contributed by atoms with E-state index in [-0.39, 0.29) is 11.7 Å². The third-order valence-corrected chi connectivity index (χ3v) is 5.80. The largest absolute Gasteiger partial charge is 0.391 e. The Morgan fingerprint density at radius 1 is 1.37 bits per heavy atom. The molecular weight excluding hydrogens is 264 g/mol. The van der Waals surface area contributed by atoms with Crippen LogP contribution in [0, 0.1) is 5.92 Å². The van der Waals surface area contributed by atoms with Crippen LogP contribution in [0.15, 0.2) is 30.3 Å². The number of hydrogen-bond donors (Lipinski definition) is 1. The van der Waals surface area contributed by atoms with Gasteiger partial charge in [-0.05, 0) is 12.0 Å². The average molecular weight is 284 g/mol. The molecule has 106 valence electrons. The molecule has 1 aromatic carbocycles. The van der Waals surface area contributed by atoms with Crippen molar-refractivity contribution in [3.8, 4) is 0 Å². The fraction of sp³-hybridized carbons (Fsp3) is 0.571. The first-order valence-electron chi connectivity index (χ1n) is 6.58. The number of rotatable bonds is 5. The van der Waals surface area contributed by atoms with Crippen molar-refractivity contribution in [2.75, 3.05) is 19.0 Å². The fourth-order valence-electron chi connectivity index (χ4n) is 2.51. The lowest BCUT2D eigenvalue weighted by Gasteiger charge is -2.26. The summed E-state index contributed by atoms with van der Waals surface area (Å²) in [6.45, 7) is 2.64. The third kappa shape index (κ3) is 3.16. The maximum absolute atomic E-state index is 12.3.